The van der Waals surface area contributed by atoms with E-state index in [0.29, 0.717) is 0 Å². The van der Waals surface area contributed by atoms with Crippen LogP contribution in [0.25, 0.3) is 0 Å². The largest absolute Gasteiger partial charge is 0.333 e. The van der Waals surface area contributed by atoms with E-state index >= 15 is 0 Å². The molecule has 116 valence electrons. The molecule has 1 amide bonds. The highest BCUT2D eigenvalue weighted by Gasteiger charge is 2.30. The van der Waals surface area contributed by atoms with Crippen LogP contribution in [0.15, 0.2) is 23.6 Å². The van der Waals surface area contributed by atoms with Gasteiger partial charge in [-0.25, -0.2) is 9.97 Å². The predicted molar refractivity (Wildman–Crippen MR) is 87.1 cm³/mol. The average molecular weight is 317 g/mol. The third-order valence-electron chi connectivity index (χ3n) is 3.71. The maximum absolute atomic E-state index is 11.9. The zero-order valence-corrected chi connectivity index (χ0v) is 13.3. The molecule has 1 saturated heterocycles. The maximum atomic E-state index is 11.9. The first-order valence-corrected chi connectivity index (χ1v) is 8.21. The van der Waals surface area contributed by atoms with Gasteiger partial charge in [0, 0.05) is 11.9 Å². The minimum atomic E-state index is -0.0155. The number of anilines is 2. The molecule has 0 aliphatic carbocycles. The zero-order valence-electron chi connectivity index (χ0n) is 12.5. The van der Waals surface area contributed by atoms with E-state index in [4.69, 9.17) is 5.73 Å². The number of nitrogens with zero attached hydrogens (tertiary/aromatic N) is 3. The van der Waals surface area contributed by atoms with Crippen molar-refractivity contribution in [1.82, 2.24) is 14.9 Å². The van der Waals surface area contributed by atoms with Crippen LogP contribution in [0.1, 0.15) is 30.3 Å². The summed E-state index contributed by atoms with van der Waals surface area (Å²) in [6.07, 6.45) is 1.92. The van der Waals surface area contributed by atoms with Crippen molar-refractivity contribution >= 4 is 28.2 Å². The van der Waals surface area contributed by atoms with Gasteiger partial charge in [0.1, 0.15) is 5.82 Å². The Hall–Kier alpha value is -1.99. The summed E-state index contributed by atoms with van der Waals surface area (Å²) >= 11 is 1.55. The number of pyridine rings is 1. The lowest BCUT2D eigenvalue weighted by Crippen LogP contribution is -2.35. The number of aryl methyl sites for hydroxylation is 1. The second-order valence-electron chi connectivity index (χ2n) is 5.32. The van der Waals surface area contributed by atoms with Crippen LogP contribution in [0, 0.1) is 6.92 Å². The van der Waals surface area contributed by atoms with Crippen LogP contribution in [-0.2, 0) is 4.79 Å². The smallest absolute Gasteiger partial charge is 0.236 e. The summed E-state index contributed by atoms with van der Waals surface area (Å²) in [7, 11) is 0. The molecule has 1 atom stereocenters. The number of amides is 1. The summed E-state index contributed by atoms with van der Waals surface area (Å²) in [6, 6.07) is 5.85. The van der Waals surface area contributed by atoms with E-state index < -0.39 is 0 Å². The summed E-state index contributed by atoms with van der Waals surface area (Å²) in [5.74, 6) is 0.733. The number of aromatic nitrogens is 2. The number of likely N-dealkylation sites (tertiary alicyclic amines) is 1. The Bertz CT molecular complexity index is 671. The molecule has 22 heavy (non-hydrogen) atoms. The molecular formula is C15H19N5OS. The van der Waals surface area contributed by atoms with Crippen molar-refractivity contribution in [2.75, 3.05) is 18.4 Å². The van der Waals surface area contributed by atoms with E-state index in [1.807, 2.05) is 35.4 Å². The van der Waals surface area contributed by atoms with Crippen LogP contribution >= 0.6 is 11.3 Å². The van der Waals surface area contributed by atoms with Gasteiger partial charge in [0.2, 0.25) is 5.91 Å². The van der Waals surface area contributed by atoms with Gasteiger partial charge in [-0.15, -0.1) is 11.3 Å². The number of hydrogen-bond acceptors (Lipinski definition) is 6. The minimum Gasteiger partial charge on any atom is -0.333 e. The molecule has 1 aliphatic rings. The lowest BCUT2D eigenvalue weighted by Gasteiger charge is -2.24. The Morgan fingerprint density at radius 2 is 2.36 bits per heavy atom. The average Bonchev–Trinajstić information content (AvgIpc) is 3.16. The fourth-order valence-electron chi connectivity index (χ4n) is 2.72. The van der Waals surface area contributed by atoms with Gasteiger partial charge in [0.15, 0.2) is 5.13 Å². The molecular weight excluding hydrogens is 298 g/mol. The predicted octanol–water partition coefficient (Wildman–Crippen LogP) is 2.21. The van der Waals surface area contributed by atoms with Gasteiger partial charge < -0.3 is 16.0 Å². The van der Waals surface area contributed by atoms with E-state index in [1.165, 1.54) is 0 Å². The van der Waals surface area contributed by atoms with E-state index in [0.717, 1.165) is 41.7 Å². The van der Waals surface area contributed by atoms with E-state index in [2.05, 4.69) is 15.3 Å². The molecule has 3 N–H and O–H groups in total. The third-order valence-corrected chi connectivity index (χ3v) is 4.59. The van der Waals surface area contributed by atoms with Crippen LogP contribution < -0.4 is 11.1 Å². The van der Waals surface area contributed by atoms with Gasteiger partial charge in [0.05, 0.1) is 24.0 Å². The number of carbonyl (C=O) groups is 1. The fourth-order valence-corrected chi connectivity index (χ4v) is 3.41. The molecule has 3 rings (SSSR count). The fraction of sp³-hybridized carbons (Fsp3) is 0.400. The van der Waals surface area contributed by atoms with E-state index in [1.54, 1.807) is 11.3 Å². The second-order valence-corrected chi connectivity index (χ2v) is 6.17. The van der Waals surface area contributed by atoms with Gasteiger partial charge in [-0.05, 0) is 31.9 Å². The first-order valence-electron chi connectivity index (χ1n) is 7.33. The summed E-state index contributed by atoms with van der Waals surface area (Å²) in [5.41, 5.74) is 7.38. The molecule has 1 fully saturated rings. The monoisotopic (exact) mass is 317 g/mol. The summed E-state index contributed by atoms with van der Waals surface area (Å²) < 4.78 is 0. The lowest BCUT2D eigenvalue weighted by molar-refractivity contribution is -0.130. The Balaban J connectivity index is 1.80. The van der Waals surface area contributed by atoms with Gasteiger partial charge in [-0.1, -0.05) is 6.07 Å². The van der Waals surface area contributed by atoms with Gasteiger partial charge in [-0.2, -0.15) is 0 Å². The van der Waals surface area contributed by atoms with Crippen LogP contribution in [-0.4, -0.2) is 33.9 Å². The van der Waals surface area contributed by atoms with Crippen molar-refractivity contribution in [2.45, 2.75) is 25.8 Å². The van der Waals surface area contributed by atoms with Crippen molar-refractivity contribution in [3.63, 3.8) is 0 Å². The topological polar surface area (TPSA) is 84.1 Å². The van der Waals surface area contributed by atoms with Crippen molar-refractivity contribution < 1.29 is 4.79 Å². The molecule has 6 nitrogen and oxygen atoms in total. The summed E-state index contributed by atoms with van der Waals surface area (Å²) in [6.45, 7) is 2.76. The number of carbonyl (C=O) groups excluding carboxylic acids is 1. The Morgan fingerprint density at radius 3 is 3.09 bits per heavy atom. The Labute approximate surface area is 133 Å². The first kappa shape index (κ1) is 14.9. The van der Waals surface area contributed by atoms with Gasteiger partial charge in [-0.3, -0.25) is 4.79 Å². The van der Waals surface area contributed by atoms with Crippen molar-refractivity contribution in [2.24, 2.45) is 5.73 Å². The van der Waals surface area contributed by atoms with Gasteiger partial charge >= 0.3 is 0 Å². The molecule has 1 aliphatic heterocycles. The van der Waals surface area contributed by atoms with Gasteiger partial charge in [0.25, 0.3) is 0 Å². The van der Waals surface area contributed by atoms with Crippen molar-refractivity contribution in [3.05, 3.63) is 35.0 Å². The highest BCUT2D eigenvalue weighted by atomic mass is 32.1. The standard InChI is InChI=1S/C15H19N5OS/c1-10-9-22-15(17-10)19-13-6-2-4-11(18-13)12-5-3-7-20(12)14(21)8-16/h2,4,6,9,12H,3,5,7-8,16H2,1H3,(H,17,18,19)/t12-/m1/s1. The van der Waals surface area contributed by atoms with Crippen LogP contribution in [0.4, 0.5) is 10.9 Å². The third kappa shape index (κ3) is 3.10. The van der Waals surface area contributed by atoms with Crippen LogP contribution in [0.3, 0.4) is 0 Å². The number of nitrogens with one attached hydrogen (secondary N) is 1. The molecule has 2 aromatic rings. The number of nitrogens with two attached hydrogens (primary N) is 1. The van der Waals surface area contributed by atoms with Crippen molar-refractivity contribution in [3.8, 4) is 0 Å². The second kappa shape index (κ2) is 6.41. The number of rotatable bonds is 4. The molecule has 0 spiro atoms. The molecule has 2 aromatic heterocycles. The van der Waals surface area contributed by atoms with E-state index in [-0.39, 0.29) is 18.5 Å². The molecule has 0 saturated carbocycles. The highest BCUT2D eigenvalue weighted by molar-refractivity contribution is 7.13. The molecule has 0 aromatic carbocycles. The van der Waals surface area contributed by atoms with Crippen LogP contribution in [0.2, 0.25) is 0 Å². The Kier molecular flexibility index (Phi) is 4.35. The quantitative estimate of drug-likeness (QED) is 0.903. The van der Waals surface area contributed by atoms with Crippen molar-refractivity contribution in [1.29, 1.82) is 0 Å². The molecule has 3 heterocycles. The molecule has 0 radical (unpaired) electrons. The van der Waals surface area contributed by atoms with Crippen LogP contribution in [0.5, 0.6) is 0 Å². The molecule has 0 unspecified atom stereocenters. The molecule has 0 bridgehead atoms. The van der Waals surface area contributed by atoms with E-state index in [9.17, 15) is 4.79 Å². The summed E-state index contributed by atoms with van der Waals surface area (Å²) in [5, 5.41) is 6.03. The molecule has 7 heteroatoms. The normalized spacial score (nSPS) is 17.7. The Morgan fingerprint density at radius 1 is 1.50 bits per heavy atom. The SMILES string of the molecule is Cc1csc(Nc2cccc([C@H]3CCCN3C(=O)CN)n2)n1. The minimum absolute atomic E-state index is 0.0155. The highest BCUT2D eigenvalue weighted by Crippen LogP contribution is 2.31. The summed E-state index contributed by atoms with van der Waals surface area (Å²) in [4.78, 5) is 22.8. The lowest BCUT2D eigenvalue weighted by atomic mass is 10.1. The first-order chi connectivity index (χ1) is 10.7. The maximum Gasteiger partial charge on any atom is 0.236 e. The zero-order chi connectivity index (χ0) is 15.5. The number of hydrogen-bond donors (Lipinski definition) is 2. The number of thiazole rings is 1.